The molecule has 4 aromatic rings. The van der Waals surface area contributed by atoms with Gasteiger partial charge in [-0.05, 0) is 92.8 Å². The van der Waals surface area contributed by atoms with Crippen LogP contribution in [0.2, 0.25) is 10.0 Å². The smallest absolute Gasteiger partial charge is 0.336 e. The average molecular weight is 624 g/mol. The van der Waals surface area contributed by atoms with Crippen molar-refractivity contribution in [3.8, 4) is 0 Å². The Morgan fingerprint density at radius 2 is 1.93 bits per heavy atom. The lowest BCUT2D eigenvalue weighted by molar-refractivity contribution is -0.121. The van der Waals surface area contributed by atoms with Gasteiger partial charge in [0.25, 0.3) is 0 Å². The number of nitrogens with one attached hydrogen (secondary N) is 2. The van der Waals surface area contributed by atoms with Gasteiger partial charge >= 0.3 is 5.97 Å². The van der Waals surface area contributed by atoms with E-state index in [1.165, 1.54) is 6.07 Å². The van der Waals surface area contributed by atoms with Crippen LogP contribution in [0.5, 0.6) is 0 Å². The molecule has 7 nitrogen and oxygen atoms in total. The summed E-state index contributed by atoms with van der Waals surface area (Å²) in [6.45, 7) is 2.55. The van der Waals surface area contributed by atoms with Crippen LogP contribution in [-0.4, -0.2) is 50.7 Å². The van der Waals surface area contributed by atoms with Crippen LogP contribution in [-0.2, 0) is 11.2 Å². The molecule has 6 rings (SSSR count). The lowest BCUT2D eigenvalue weighted by Gasteiger charge is -2.31. The van der Waals surface area contributed by atoms with E-state index in [1.54, 1.807) is 49.4 Å². The third-order valence-electron chi connectivity index (χ3n) is 8.89. The minimum Gasteiger partial charge on any atom is -0.478 e. The summed E-state index contributed by atoms with van der Waals surface area (Å²) in [6, 6.07) is 15.0. The number of carbonyl (C=O) groups is 2. The second-order valence-electron chi connectivity index (χ2n) is 11.8. The molecule has 3 atom stereocenters. The van der Waals surface area contributed by atoms with Gasteiger partial charge in [-0.25, -0.2) is 9.18 Å². The molecule has 0 spiro atoms. The first kappa shape index (κ1) is 29.6. The van der Waals surface area contributed by atoms with Crippen LogP contribution in [0.3, 0.4) is 0 Å². The van der Waals surface area contributed by atoms with Crippen LogP contribution in [0.25, 0.3) is 10.9 Å². The van der Waals surface area contributed by atoms with Crippen LogP contribution in [0, 0.1) is 18.7 Å². The maximum atomic E-state index is 15.4. The maximum absolute atomic E-state index is 15.4. The molecule has 1 aromatic heterocycles. The zero-order valence-corrected chi connectivity index (χ0v) is 25.3. The van der Waals surface area contributed by atoms with Gasteiger partial charge in [0.05, 0.1) is 22.1 Å². The van der Waals surface area contributed by atoms with Crippen molar-refractivity contribution in [3.05, 3.63) is 92.8 Å². The first-order valence-electron chi connectivity index (χ1n) is 14.7. The van der Waals surface area contributed by atoms with Gasteiger partial charge < -0.3 is 10.4 Å². The number of H-pyrrole nitrogens is 1. The summed E-state index contributed by atoms with van der Waals surface area (Å²) in [5.74, 6) is -1.47. The van der Waals surface area contributed by atoms with Crippen LogP contribution in [0.4, 0.5) is 10.1 Å². The number of hydrogen-bond donors (Lipinski definition) is 3. The minimum atomic E-state index is -0.972. The zero-order chi connectivity index (χ0) is 30.2. The molecule has 0 radical (unpaired) electrons. The molecule has 3 aromatic carbocycles. The summed E-state index contributed by atoms with van der Waals surface area (Å²) in [6.07, 6.45) is 5.21. The van der Waals surface area contributed by atoms with Crippen molar-refractivity contribution < 1.29 is 19.1 Å². The van der Waals surface area contributed by atoms with E-state index < -0.39 is 17.8 Å². The number of likely N-dealkylation sites (tertiary alicyclic amines) is 1. The molecule has 2 aliphatic rings. The highest BCUT2D eigenvalue weighted by Crippen LogP contribution is 2.44. The van der Waals surface area contributed by atoms with Crippen molar-refractivity contribution in [2.24, 2.45) is 5.92 Å². The third-order valence-corrected chi connectivity index (χ3v) is 9.42. The quantitative estimate of drug-likeness (QED) is 0.169. The summed E-state index contributed by atoms with van der Waals surface area (Å²) in [7, 11) is 0. The predicted molar refractivity (Wildman–Crippen MR) is 167 cm³/mol. The Labute approximate surface area is 259 Å². The molecule has 3 N–H and O–H groups in total. The standard InChI is InChI=1S/C33H33Cl2FN4O3/c1-18-23(33(42)43)13-14-25-28(38-39-30(18)25)10-3-7-22-16-26(24-8-4-9-27(35)29(24)36)31(40(22)17-19-11-12-19)32(41)37-21-6-2-5-20(34)15-21/h2,4-6,8-9,13-15,19,22,26,31H,3,7,10-12,16-17H2,1H3,(H,37,41)(H,38,39)(H,42,43)/t22?,26-,31-/m1/s1. The fourth-order valence-corrected chi connectivity index (χ4v) is 6.96. The topological polar surface area (TPSA) is 98.3 Å². The number of halogens is 3. The first-order valence-corrected chi connectivity index (χ1v) is 15.4. The maximum Gasteiger partial charge on any atom is 0.336 e. The number of aromatic amines is 1. The molecule has 1 saturated heterocycles. The van der Waals surface area contributed by atoms with Crippen molar-refractivity contribution in [2.75, 3.05) is 11.9 Å². The number of nitrogens with zero attached hydrogens (tertiary/aromatic N) is 2. The van der Waals surface area contributed by atoms with E-state index in [2.05, 4.69) is 20.4 Å². The lowest BCUT2D eigenvalue weighted by Crippen LogP contribution is -2.46. The number of aromatic nitrogens is 2. The number of hydrogen-bond acceptors (Lipinski definition) is 4. The Balaban J connectivity index is 1.26. The molecule has 224 valence electrons. The number of anilines is 1. The second-order valence-corrected chi connectivity index (χ2v) is 12.6. The summed E-state index contributed by atoms with van der Waals surface area (Å²) in [5, 5.41) is 21.5. The van der Waals surface area contributed by atoms with Crippen molar-refractivity contribution in [1.29, 1.82) is 0 Å². The molecular formula is C33H33Cl2FN4O3. The van der Waals surface area contributed by atoms with E-state index in [-0.39, 0.29) is 28.5 Å². The molecule has 1 unspecified atom stereocenters. The summed E-state index contributed by atoms with van der Waals surface area (Å²) in [5.41, 5.74) is 3.57. The number of aryl methyl sites for hydroxylation is 2. The second kappa shape index (κ2) is 12.3. The van der Waals surface area contributed by atoms with Crippen LogP contribution in [0.15, 0.2) is 54.6 Å². The van der Waals surface area contributed by atoms with E-state index in [0.29, 0.717) is 46.1 Å². The highest BCUT2D eigenvalue weighted by molar-refractivity contribution is 6.31. The number of carboxylic acid groups (broad SMARTS) is 1. The average Bonchev–Trinajstić information content (AvgIpc) is 3.58. The summed E-state index contributed by atoms with van der Waals surface area (Å²) < 4.78 is 15.4. The number of carboxylic acids is 1. The van der Waals surface area contributed by atoms with Gasteiger partial charge in [0.15, 0.2) is 0 Å². The van der Waals surface area contributed by atoms with Gasteiger partial charge in [0, 0.05) is 40.3 Å². The third kappa shape index (κ3) is 6.14. The molecule has 1 amide bonds. The van der Waals surface area contributed by atoms with Gasteiger partial charge in [-0.1, -0.05) is 47.5 Å². The number of fused-ring (bicyclic) bond motifs is 1. The highest BCUT2D eigenvalue weighted by atomic mass is 35.5. The summed E-state index contributed by atoms with van der Waals surface area (Å²) >= 11 is 12.4. The largest absolute Gasteiger partial charge is 0.478 e. The molecule has 2 heterocycles. The van der Waals surface area contributed by atoms with Gasteiger partial charge in [-0.15, -0.1) is 0 Å². The number of rotatable bonds is 10. The monoisotopic (exact) mass is 622 g/mol. The van der Waals surface area contributed by atoms with Crippen LogP contribution < -0.4 is 5.32 Å². The predicted octanol–water partition coefficient (Wildman–Crippen LogP) is 7.61. The fraction of sp³-hybridized carbons (Fsp3) is 0.364. The van der Waals surface area contributed by atoms with Crippen LogP contribution >= 0.6 is 23.2 Å². The van der Waals surface area contributed by atoms with Crippen molar-refractivity contribution in [1.82, 2.24) is 15.1 Å². The molecule has 1 saturated carbocycles. The Hall–Kier alpha value is -3.46. The van der Waals surface area contributed by atoms with Crippen LogP contribution in [0.1, 0.15) is 65.2 Å². The number of carbonyl (C=O) groups excluding carboxylic acids is 1. The Kier molecular flexibility index (Phi) is 8.45. The molecular weight excluding hydrogens is 590 g/mol. The molecule has 1 aliphatic heterocycles. The molecule has 10 heteroatoms. The lowest BCUT2D eigenvalue weighted by atomic mass is 9.89. The molecule has 1 aliphatic carbocycles. The minimum absolute atomic E-state index is 0.0520. The first-order chi connectivity index (χ1) is 20.7. The number of benzene rings is 3. The van der Waals surface area contributed by atoms with Gasteiger partial charge in [0.1, 0.15) is 5.82 Å². The normalized spacial score (nSPS) is 20.5. The fourth-order valence-electron chi connectivity index (χ4n) is 6.59. The number of amides is 1. The SMILES string of the molecule is Cc1c(C(=O)O)ccc2c(CCCC3C[C@H](c4cccc(Cl)c4F)[C@H](C(=O)Nc4cccc(Cl)c4)N3CC3CC3)[nH]nc12. The molecule has 2 fully saturated rings. The van der Waals surface area contributed by atoms with E-state index in [1.807, 2.05) is 6.07 Å². The van der Waals surface area contributed by atoms with Crippen molar-refractivity contribution in [3.63, 3.8) is 0 Å². The highest BCUT2D eigenvalue weighted by Gasteiger charge is 2.47. The zero-order valence-electron chi connectivity index (χ0n) is 23.7. The van der Waals surface area contributed by atoms with Crippen molar-refractivity contribution in [2.45, 2.75) is 63.5 Å². The Bertz CT molecular complexity index is 1690. The van der Waals surface area contributed by atoms with Gasteiger partial charge in [-0.3, -0.25) is 14.8 Å². The van der Waals surface area contributed by atoms with E-state index in [0.717, 1.165) is 43.3 Å². The van der Waals surface area contributed by atoms with E-state index >= 15 is 4.39 Å². The van der Waals surface area contributed by atoms with Gasteiger partial charge in [-0.2, -0.15) is 5.10 Å². The Morgan fingerprint density at radius 1 is 1.14 bits per heavy atom. The Morgan fingerprint density at radius 3 is 2.67 bits per heavy atom. The van der Waals surface area contributed by atoms with Gasteiger partial charge in [0.2, 0.25) is 5.91 Å². The van der Waals surface area contributed by atoms with E-state index in [4.69, 9.17) is 23.2 Å². The summed E-state index contributed by atoms with van der Waals surface area (Å²) in [4.78, 5) is 27.8. The molecule has 0 bridgehead atoms. The molecule has 43 heavy (non-hydrogen) atoms. The van der Waals surface area contributed by atoms with Crippen molar-refractivity contribution >= 4 is 51.7 Å². The number of aromatic carboxylic acids is 1. The van der Waals surface area contributed by atoms with E-state index in [9.17, 15) is 14.7 Å².